The number of H-pyrrole nitrogens is 1. The van der Waals surface area contributed by atoms with Crippen LogP contribution in [0.1, 0.15) is 29.9 Å². The van der Waals surface area contributed by atoms with Crippen LogP contribution in [-0.2, 0) is 10.0 Å². The summed E-state index contributed by atoms with van der Waals surface area (Å²) in [5.41, 5.74) is 0.198. The van der Waals surface area contributed by atoms with Crippen molar-refractivity contribution in [2.45, 2.75) is 31.2 Å². The van der Waals surface area contributed by atoms with Crippen molar-refractivity contribution in [1.82, 2.24) is 24.6 Å². The van der Waals surface area contributed by atoms with E-state index in [0.717, 1.165) is 0 Å². The van der Waals surface area contributed by atoms with Gasteiger partial charge in [0.25, 0.3) is 5.91 Å². The van der Waals surface area contributed by atoms with Crippen molar-refractivity contribution in [3.05, 3.63) is 41.7 Å². The van der Waals surface area contributed by atoms with Crippen LogP contribution in [0.4, 0.5) is 0 Å². The Labute approximate surface area is 146 Å². The number of aromatic nitrogens is 3. The van der Waals surface area contributed by atoms with Gasteiger partial charge < -0.3 is 4.90 Å². The van der Waals surface area contributed by atoms with Crippen molar-refractivity contribution < 1.29 is 13.2 Å². The predicted molar refractivity (Wildman–Crippen MR) is 91.4 cm³/mol. The Morgan fingerprint density at radius 1 is 1.24 bits per heavy atom. The highest BCUT2D eigenvalue weighted by Gasteiger charge is 2.43. The van der Waals surface area contributed by atoms with Crippen LogP contribution in [0.3, 0.4) is 0 Å². The number of sulfonamides is 1. The summed E-state index contributed by atoms with van der Waals surface area (Å²) in [5.74, 6) is -0.255. The van der Waals surface area contributed by atoms with E-state index in [4.69, 9.17) is 0 Å². The Morgan fingerprint density at radius 3 is 2.56 bits per heavy atom. The Bertz CT molecular complexity index is 877. The number of nitrogens with one attached hydrogen (secondary N) is 1. The third-order valence-corrected chi connectivity index (χ3v) is 6.68. The molecular weight excluding hydrogens is 342 g/mol. The first-order chi connectivity index (χ1) is 11.7. The minimum atomic E-state index is -3.64. The number of carbonyl (C=O) groups is 1. The Morgan fingerprint density at radius 2 is 1.96 bits per heavy atom. The summed E-state index contributed by atoms with van der Waals surface area (Å²) in [6.45, 7) is 6.25. The molecule has 2 heterocycles. The summed E-state index contributed by atoms with van der Waals surface area (Å²) >= 11 is 0. The molecule has 0 saturated carbocycles. The molecule has 0 radical (unpaired) electrons. The van der Waals surface area contributed by atoms with Crippen molar-refractivity contribution >= 4 is 15.9 Å². The normalized spacial score (nSPS) is 18.3. The number of amides is 1. The van der Waals surface area contributed by atoms with Crippen LogP contribution in [-0.4, -0.2) is 64.1 Å². The van der Waals surface area contributed by atoms with Gasteiger partial charge in [-0.05, 0) is 32.4 Å². The zero-order valence-corrected chi connectivity index (χ0v) is 15.2. The van der Waals surface area contributed by atoms with E-state index in [0.29, 0.717) is 17.0 Å². The third kappa shape index (κ3) is 3.16. The highest BCUT2D eigenvalue weighted by molar-refractivity contribution is 7.89. The smallest absolute Gasteiger partial charge is 0.276 e. The van der Waals surface area contributed by atoms with E-state index in [9.17, 15) is 13.2 Å². The van der Waals surface area contributed by atoms with E-state index in [1.807, 2.05) is 19.9 Å². The summed E-state index contributed by atoms with van der Waals surface area (Å²) in [7, 11) is -3.64. The second-order valence-electron chi connectivity index (χ2n) is 6.74. The van der Waals surface area contributed by atoms with Crippen LogP contribution in [0.25, 0.3) is 0 Å². The van der Waals surface area contributed by atoms with Crippen molar-refractivity contribution in [2.24, 2.45) is 0 Å². The number of hydrogen-bond donors (Lipinski definition) is 1. The van der Waals surface area contributed by atoms with Gasteiger partial charge in [0.15, 0.2) is 5.69 Å². The van der Waals surface area contributed by atoms with Gasteiger partial charge in [-0.1, -0.05) is 18.2 Å². The predicted octanol–water partition coefficient (Wildman–Crippen LogP) is 1.04. The van der Waals surface area contributed by atoms with Crippen molar-refractivity contribution in [3.8, 4) is 0 Å². The molecule has 1 fully saturated rings. The molecule has 1 aromatic heterocycles. The van der Waals surface area contributed by atoms with Gasteiger partial charge >= 0.3 is 0 Å². The summed E-state index contributed by atoms with van der Waals surface area (Å²) in [4.78, 5) is 14.4. The zero-order valence-electron chi connectivity index (χ0n) is 14.4. The molecule has 0 unspecified atom stereocenters. The lowest BCUT2D eigenvalue weighted by Gasteiger charge is -2.45. The molecule has 1 aliphatic heterocycles. The maximum Gasteiger partial charge on any atom is 0.276 e. The van der Waals surface area contributed by atoms with E-state index < -0.39 is 15.6 Å². The van der Waals surface area contributed by atoms with E-state index in [1.165, 1.54) is 10.5 Å². The van der Waals surface area contributed by atoms with Gasteiger partial charge in [-0.15, -0.1) is 0 Å². The number of piperazine rings is 1. The minimum Gasteiger partial charge on any atom is -0.334 e. The molecular formula is C16H21N5O3S. The summed E-state index contributed by atoms with van der Waals surface area (Å²) in [6.07, 6.45) is 1.37. The van der Waals surface area contributed by atoms with E-state index >= 15 is 0 Å². The topological polar surface area (TPSA) is 99.3 Å². The number of aryl methyl sites for hydroxylation is 1. The second kappa shape index (κ2) is 6.23. The molecule has 1 N–H and O–H groups in total. The van der Waals surface area contributed by atoms with Gasteiger partial charge in [-0.3, -0.25) is 4.79 Å². The van der Waals surface area contributed by atoms with Crippen LogP contribution in [0.2, 0.25) is 0 Å². The van der Waals surface area contributed by atoms with Gasteiger partial charge in [0.05, 0.1) is 11.1 Å². The first kappa shape index (κ1) is 17.6. The fraction of sp³-hybridized carbons (Fsp3) is 0.438. The molecule has 3 rings (SSSR count). The molecule has 0 bridgehead atoms. The first-order valence-corrected chi connectivity index (χ1v) is 9.41. The van der Waals surface area contributed by atoms with E-state index in [1.54, 1.807) is 30.0 Å². The van der Waals surface area contributed by atoms with Gasteiger partial charge in [0.2, 0.25) is 10.0 Å². The van der Waals surface area contributed by atoms with Gasteiger partial charge in [-0.2, -0.15) is 19.7 Å². The monoisotopic (exact) mass is 363 g/mol. The van der Waals surface area contributed by atoms with Crippen LogP contribution >= 0.6 is 0 Å². The van der Waals surface area contributed by atoms with Crippen LogP contribution < -0.4 is 0 Å². The molecule has 9 heteroatoms. The highest BCUT2D eigenvalue weighted by Crippen LogP contribution is 2.30. The number of aromatic amines is 1. The second-order valence-corrected chi connectivity index (χ2v) is 8.57. The molecule has 0 aliphatic carbocycles. The SMILES string of the molecule is Cc1ccccc1S(=O)(=O)N1CCN(C(=O)c2cn[nH]n2)CC1(C)C. The lowest BCUT2D eigenvalue weighted by Crippen LogP contribution is -2.61. The first-order valence-electron chi connectivity index (χ1n) is 7.97. The van der Waals surface area contributed by atoms with Gasteiger partial charge in [0, 0.05) is 25.2 Å². The molecule has 1 aliphatic rings. The lowest BCUT2D eigenvalue weighted by molar-refractivity contribution is 0.0489. The zero-order chi connectivity index (χ0) is 18.2. The van der Waals surface area contributed by atoms with Crippen molar-refractivity contribution in [1.29, 1.82) is 0 Å². The third-order valence-electron chi connectivity index (χ3n) is 4.41. The van der Waals surface area contributed by atoms with Crippen LogP contribution in [0.15, 0.2) is 35.4 Å². The molecule has 0 atom stereocenters. The minimum absolute atomic E-state index is 0.228. The molecule has 1 amide bonds. The molecule has 25 heavy (non-hydrogen) atoms. The van der Waals surface area contributed by atoms with Crippen LogP contribution in [0, 0.1) is 6.92 Å². The average Bonchev–Trinajstić information content (AvgIpc) is 3.07. The Kier molecular flexibility index (Phi) is 4.38. The number of carbonyl (C=O) groups excluding carboxylic acids is 1. The molecule has 8 nitrogen and oxygen atoms in total. The largest absolute Gasteiger partial charge is 0.334 e. The van der Waals surface area contributed by atoms with E-state index in [-0.39, 0.29) is 24.7 Å². The molecule has 0 spiro atoms. The van der Waals surface area contributed by atoms with Crippen molar-refractivity contribution in [2.75, 3.05) is 19.6 Å². The van der Waals surface area contributed by atoms with Gasteiger partial charge in [-0.25, -0.2) is 8.42 Å². The number of hydrogen-bond acceptors (Lipinski definition) is 5. The standard InChI is InChI=1S/C16H21N5O3S/c1-12-6-4-5-7-14(12)25(23,24)21-9-8-20(11-16(21,2)3)15(22)13-10-17-19-18-13/h4-7,10H,8-9,11H2,1-3H3,(H,17,18,19). The number of nitrogens with zero attached hydrogens (tertiary/aromatic N) is 4. The number of rotatable bonds is 3. The Balaban J connectivity index is 1.86. The maximum absolute atomic E-state index is 13.1. The lowest BCUT2D eigenvalue weighted by atomic mass is 10.0. The van der Waals surface area contributed by atoms with Crippen molar-refractivity contribution in [3.63, 3.8) is 0 Å². The van der Waals surface area contributed by atoms with E-state index in [2.05, 4.69) is 15.4 Å². The summed E-state index contributed by atoms with van der Waals surface area (Å²) < 4.78 is 27.7. The molecule has 2 aromatic rings. The summed E-state index contributed by atoms with van der Waals surface area (Å²) in [6, 6.07) is 6.93. The molecule has 1 aromatic carbocycles. The highest BCUT2D eigenvalue weighted by atomic mass is 32.2. The van der Waals surface area contributed by atoms with Gasteiger partial charge in [0.1, 0.15) is 0 Å². The number of benzene rings is 1. The Hall–Kier alpha value is -2.26. The molecule has 1 saturated heterocycles. The quantitative estimate of drug-likeness (QED) is 0.878. The molecule has 134 valence electrons. The summed E-state index contributed by atoms with van der Waals surface area (Å²) in [5, 5.41) is 9.87. The van der Waals surface area contributed by atoms with Crippen LogP contribution in [0.5, 0.6) is 0 Å². The maximum atomic E-state index is 13.1. The fourth-order valence-corrected chi connectivity index (χ4v) is 5.18. The fourth-order valence-electron chi connectivity index (χ4n) is 3.19. The average molecular weight is 363 g/mol.